The van der Waals surface area contributed by atoms with Crippen LogP contribution in [0.5, 0.6) is 0 Å². The first kappa shape index (κ1) is 14.5. The summed E-state index contributed by atoms with van der Waals surface area (Å²) in [7, 11) is 0. The first-order chi connectivity index (χ1) is 9.36. The Kier molecular flexibility index (Phi) is 3.79. The molecule has 2 heterocycles. The highest BCUT2D eigenvalue weighted by Crippen LogP contribution is 2.30. The molecule has 0 spiro atoms. The lowest BCUT2D eigenvalue weighted by Gasteiger charge is -2.08. The Hall–Kier alpha value is -1.91. The van der Waals surface area contributed by atoms with E-state index >= 15 is 0 Å². The zero-order chi connectivity index (χ0) is 15.0. The van der Waals surface area contributed by atoms with Gasteiger partial charge in [-0.2, -0.15) is 10.2 Å². The predicted octanol–water partition coefficient (Wildman–Crippen LogP) is 3.34. The molecule has 0 amide bonds. The number of aromatic nitrogens is 4. The van der Waals surface area contributed by atoms with Crippen molar-refractivity contribution in [1.29, 1.82) is 0 Å². The minimum absolute atomic E-state index is 0.225. The summed E-state index contributed by atoms with van der Waals surface area (Å²) in [6, 6.07) is 0.512. The molecule has 5 nitrogen and oxygen atoms in total. The molecule has 0 saturated carbocycles. The summed E-state index contributed by atoms with van der Waals surface area (Å²) in [5.41, 5.74) is 4.28. The summed E-state index contributed by atoms with van der Waals surface area (Å²) in [5, 5.41) is 9.14. The second-order valence-electron chi connectivity index (χ2n) is 5.71. The number of nitrogens with zero attached hydrogens (tertiary/aromatic N) is 4. The number of carbonyl (C=O) groups is 1. The van der Waals surface area contributed by atoms with Gasteiger partial charge in [0.2, 0.25) is 0 Å². The van der Waals surface area contributed by atoms with E-state index in [1.54, 1.807) is 6.20 Å². The number of carbonyl (C=O) groups excluding carboxylic acids is 1. The summed E-state index contributed by atoms with van der Waals surface area (Å²) in [6.07, 6.45) is 2.67. The Morgan fingerprint density at radius 3 is 2.20 bits per heavy atom. The van der Waals surface area contributed by atoms with Crippen molar-refractivity contribution in [3.8, 4) is 11.3 Å². The maximum atomic E-state index is 11.3. The Morgan fingerprint density at radius 1 is 1.10 bits per heavy atom. The largest absolute Gasteiger partial charge is 0.298 e. The lowest BCUT2D eigenvalue weighted by atomic mass is 10.1. The van der Waals surface area contributed by atoms with Gasteiger partial charge in [0.1, 0.15) is 5.69 Å². The van der Waals surface area contributed by atoms with Crippen LogP contribution in [-0.2, 0) is 0 Å². The van der Waals surface area contributed by atoms with Crippen molar-refractivity contribution >= 4 is 6.29 Å². The maximum Gasteiger partial charge on any atom is 0.153 e. The SMILES string of the molecule is Cc1nn(C(C)C)c(C)c1-c1nn(C(C)C)cc1C=O. The third-order valence-corrected chi connectivity index (χ3v) is 3.47. The molecule has 0 aliphatic heterocycles. The third kappa shape index (κ3) is 2.28. The highest BCUT2D eigenvalue weighted by Gasteiger charge is 2.21. The summed E-state index contributed by atoms with van der Waals surface area (Å²) in [4.78, 5) is 11.3. The molecule has 20 heavy (non-hydrogen) atoms. The van der Waals surface area contributed by atoms with E-state index in [1.807, 2.05) is 37.1 Å². The molecule has 108 valence electrons. The summed E-state index contributed by atoms with van der Waals surface area (Å²) >= 11 is 0. The predicted molar refractivity (Wildman–Crippen MR) is 79.1 cm³/mol. The molecule has 0 fully saturated rings. The van der Waals surface area contributed by atoms with Crippen LogP contribution in [-0.4, -0.2) is 25.8 Å². The second kappa shape index (κ2) is 5.23. The molecular formula is C15H22N4O. The van der Waals surface area contributed by atoms with E-state index in [0.29, 0.717) is 5.56 Å². The fraction of sp³-hybridized carbons (Fsp3) is 0.533. The standard InChI is InChI=1S/C15H22N4O/c1-9(2)18-7-13(8-20)15(17-18)14-11(5)16-19(10(3)4)12(14)6/h7-10H,1-6H3. The molecule has 5 heteroatoms. The van der Waals surface area contributed by atoms with Crippen LogP contribution in [0, 0.1) is 13.8 Å². The first-order valence-electron chi connectivity index (χ1n) is 6.97. The number of aryl methyl sites for hydroxylation is 1. The van der Waals surface area contributed by atoms with Gasteiger partial charge in [0.05, 0.1) is 11.3 Å². The van der Waals surface area contributed by atoms with E-state index in [9.17, 15) is 4.79 Å². The van der Waals surface area contributed by atoms with Crippen LogP contribution in [0.25, 0.3) is 11.3 Å². The molecule has 0 saturated heterocycles. The summed E-state index contributed by atoms with van der Waals surface area (Å²) in [6.45, 7) is 12.3. The van der Waals surface area contributed by atoms with Gasteiger partial charge in [-0.15, -0.1) is 0 Å². The fourth-order valence-electron chi connectivity index (χ4n) is 2.46. The van der Waals surface area contributed by atoms with Crippen LogP contribution in [0.3, 0.4) is 0 Å². The molecule has 2 aromatic heterocycles. The molecule has 0 aliphatic carbocycles. The van der Waals surface area contributed by atoms with Crippen molar-refractivity contribution in [2.24, 2.45) is 0 Å². The molecule has 0 aromatic carbocycles. The minimum atomic E-state index is 0.225. The number of hydrogen-bond acceptors (Lipinski definition) is 3. The normalized spacial score (nSPS) is 11.6. The average Bonchev–Trinajstić information content (AvgIpc) is 2.90. The molecule has 0 aliphatic rings. The molecule has 2 aromatic rings. The number of rotatable bonds is 4. The Labute approximate surface area is 119 Å². The van der Waals surface area contributed by atoms with Crippen molar-refractivity contribution in [3.05, 3.63) is 23.1 Å². The molecule has 0 N–H and O–H groups in total. The second-order valence-corrected chi connectivity index (χ2v) is 5.71. The summed E-state index contributed by atoms with van der Waals surface area (Å²) in [5.74, 6) is 0. The van der Waals surface area contributed by atoms with Crippen LogP contribution in [0.4, 0.5) is 0 Å². The summed E-state index contributed by atoms with van der Waals surface area (Å²) < 4.78 is 3.80. The first-order valence-corrected chi connectivity index (χ1v) is 6.97. The van der Waals surface area contributed by atoms with Crippen molar-refractivity contribution in [3.63, 3.8) is 0 Å². The van der Waals surface area contributed by atoms with Gasteiger partial charge >= 0.3 is 0 Å². The van der Waals surface area contributed by atoms with E-state index in [2.05, 4.69) is 24.0 Å². The smallest absolute Gasteiger partial charge is 0.153 e. The van der Waals surface area contributed by atoms with Gasteiger partial charge in [0.15, 0.2) is 6.29 Å². The topological polar surface area (TPSA) is 52.7 Å². The van der Waals surface area contributed by atoms with Crippen molar-refractivity contribution in [1.82, 2.24) is 19.6 Å². The van der Waals surface area contributed by atoms with E-state index < -0.39 is 0 Å². The van der Waals surface area contributed by atoms with Gasteiger partial charge in [-0.1, -0.05) is 0 Å². The lowest BCUT2D eigenvalue weighted by Crippen LogP contribution is -2.05. The molecular weight excluding hydrogens is 252 g/mol. The number of aldehydes is 1. The van der Waals surface area contributed by atoms with Crippen molar-refractivity contribution < 1.29 is 4.79 Å². The van der Waals surface area contributed by atoms with E-state index in [-0.39, 0.29) is 12.1 Å². The zero-order valence-corrected chi connectivity index (χ0v) is 13.0. The highest BCUT2D eigenvalue weighted by atomic mass is 16.1. The molecule has 0 radical (unpaired) electrons. The van der Waals surface area contributed by atoms with Gasteiger partial charge < -0.3 is 0 Å². The van der Waals surface area contributed by atoms with Crippen molar-refractivity contribution in [2.75, 3.05) is 0 Å². The lowest BCUT2D eigenvalue weighted by molar-refractivity contribution is 0.112. The van der Waals surface area contributed by atoms with Gasteiger partial charge in [0, 0.05) is 29.5 Å². The van der Waals surface area contributed by atoms with Crippen LogP contribution >= 0.6 is 0 Å². The van der Waals surface area contributed by atoms with Gasteiger partial charge in [-0.05, 0) is 41.5 Å². The van der Waals surface area contributed by atoms with Gasteiger partial charge in [-0.25, -0.2) is 0 Å². The van der Waals surface area contributed by atoms with Crippen LogP contribution < -0.4 is 0 Å². The molecule has 0 bridgehead atoms. The van der Waals surface area contributed by atoms with E-state index in [4.69, 9.17) is 0 Å². The van der Waals surface area contributed by atoms with Crippen molar-refractivity contribution in [2.45, 2.75) is 53.6 Å². The average molecular weight is 274 g/mol. The Morgan fingerprint density at radius 2 is 1.75 bits per heavy atom. The molecule has 0 atom stereocenters. The van der Waals surface area contributed by atoms with E-state index in [1.165, 1.54) is 0 Å². The zero-order valence-electron chi connectivity index (χ0n) is 13.0. The quantitative estimate of drug-likeness (QED) is 0.803. The minimum Gasteiger partial charge on any atom is -0.298 e. The monoisotopic (exact) mass is 274 g/mol. The fourth-order valence-corrected chi connectivity index (χ4v) is 2.46. The van der Waals surface area contributed by atoms with Gasteiger partial charge in [-0.3, -0.25) is 14.2 Å². The Bertz CT molecular complexity index is 635. The van der Waals surface area contributed by atoms with Gasteiger partial charge in [0.25, 0.3) is 0 Å². The molecule has 0 unspecified atom stereocenters. The number of hydrogen-bond donors (Lipinski definition) is 0. The van der Waals surface area contributed by atoms with E-state index in [0.717, 1.165) is 28.9 Å². The highest BCUT2D eigenvalue weighted by molar-refractivity contribution is 5.86. The molecule has 2 rings (SSSR count). The van der Waals surface area contributed by atoms with Crippen LogP contribution in [0.1, 0.15) is 61.5 Å². The van der Waals surface area contributed by atoms with Crippen LogP contribution in [0.2, 0.25) is 0 Å². The Balaban J connectivity index is 2.65. The third-order valence-electron chi connectivity index (χ3n) is 3.47. The maximum absolute atomic E-state index is 11.3. The van der Waals surface area contributed by atoms with Crippen LogP contribution in [0.15, 0.2) is 6.20 Å².